The second-order valence-electron chi connectivity index (χ2n) is 5.90. The third-order valence-corrected chi connectivity index (χ3v) is 4.89. The SMILES string of the molecule is CN=C(NCc1ccc(N(C)C)c(F)c1)NCC(C)c1cccs1. The summed E-state index contributed by atoms with van der Waals surface area (Å²) < 4.78 is 14.0. The molecule has 130 valence electrons. The van der Waals surface area contributed by atoms with Gasteiger partial charge in [0, 0.05) is 45.0 Å². The van der Waals surface area contributed by atoms with E-state index in [1.807, 2.05) is 20.2 Å². The number of nitrogens with one attached hydrogen (secondary N) is 2. The zero-order chi connectivity index (χ0) is 17.5. The second-order valence-corrected chi connectivity index (χ2v) is 6.88. The number of nitrogens with zero attached hydrogens (tertiary/aromatic N) is 2. The number of hydrogen-bond acceptors (Lipinski definition) is 3. The molecule has 0 aliphatic carbocycles. The molecule has 4 nitrogen and oxygen atoms in total. The molecule has 2 aromatic rings. The van der Waals surface area contributed by atoms with Crippen molar-refractivity contribution in [2.45, 2.75) is 19.4 Å². The van der Waals surface area contributed by atoms with Gasteiger partial charge in [-0.1, -0.05) is 19.1 Å². The topological polar surface area (TPSA) is 39.7 Å². The number of guanidine groups is 1. The van der Waals surface area contributed by atoms with Crippen LogP contribution in [0.3, 0.4) is 0 Å². The van der Waals surface area contributed by atoms with Crippen molar-refractivity contribution in [3.8, 4) is 0 Å². The van der Waals surface area contributed by atoms with E-state index in [2.05, 4.69) is 40.1 Å². The van der Waals surface area contributed by atoms with Crippen molar-refractivity contribution in [3.05, 3.63) is 52.0 Å². The monoisotopic (exact) mass is 348 g/mol. The molecule has 1 aromatic carbocycles. The highest BCUT2D eigenvalue weighted by Gasteiger charge is 2.08. The maximum Gasteiger partial charge on any atom is 0.191 e. The standard InChI is InChI=1S/C18H25FN4S/c1-13(17-6-5-9-24-17)11-21-18(20-2)22-12-14-7-8-16(23(3)4)15(19)10-14/h5-10,13H,11-12H2,1-4H3,(H2,20,21,22). The molecule has 0 bridgehead atoms. The maximum atomic E-state index is 14.0. The maximum absolute atomic E-state index is 14.0. The number of thiophene rings is 1. The van der Waals surface area contributed by atoms with E-state index in [0.29, 0.717) is 18.2 Å². The molecule has 2 rings (SSSR count). The van der Waals surface area contributed by atoms with Gasteiger partial charge in [0.15, 0.2) is 5.96 Å². The van der Waals surface area contributed by atoms with Crippen LogP contribution in [0, 0.1) is 5.82 Å². The molecule has 0 fully saturated rings. The summed E-state index contributed by atoms with van der Waals surface area (Å²) in [6.45, 7) is 3.51. The third-order valence-electron chi connectivity index (χ3n) is 3.78. The summed E-state index contributed by atoms with van der Waals surface area (Å²) >= 11 is 1.76. The lowest BCUT2D eigenvalue weighted by Crippen LogP contribution is -2.38. The van der Waals surface area contributed by atoms with Crippen molar-refractivity contribution in [2.75, 3.05) is 32.6 Å². The molecule has 0 spiro atoms. The van der Waals surface area contributed by atoms with Crippen LogP contribution in [0.2, 0.25) is 0 Å². The minimum atomic E-state index is -0.214. The first-order valence-corrected chi connectivity index (χ1v) is 8.83. The van der Waals surface area contributed by atoms with Gasteiger partial charge in [-0.25, -0.2) is 4.39 Å². The Bertz CT molecular complexity index is 668. The summed E-state index contributed by atoms with van der Waals surface area (Å²) in [4.78, 5) is 7.33. The Hall–Kier alpha value is -2.08. The lowest BCUT2D eigenvalue weighted by Gasteiger charge is -2.16. The number of hydrogen-bond donors (Lipinski definition) is 2. The minimum absolute atomic E-state index is 0.214. The van der Waals surface area contributed by atoms with E-state index < -0.39 is 0 Å². The lowest BCUT2D eigenvalue weighted by atomic mass is 10.1. The van der Waals surface area contributed by atoms with Crippen LogP contribution >= 0.6 is 11.3 Å². The van der Waals surface area contributed by atoms with Crippen LogP contribution in [-0.2, 0) is 6.54 Å². The highest BCUT2D eigenvalue weighted by Crippen LogP contribution is 2.20. The Morgan fingerprint density at radius 2 is 2.08 bits per heavy atom. The van der Waals surface area contributed by atoms with Crippen LogP contribution in [-0.4, -0.2) is 33.6 Å². The first kappa shape index (κ1) is 18.3. The quantitative estimate of drug-likeness (QED) is 0.621. The largest absolute Gasteiger partial charge is 0.375 e. The predicted octanol–water partition coefficient (Wildman–Crippen LogP) is 3.42. The first-order chi connectivity index (χ1) is 11.5. The Morgan fingerprint density at radius 1 is 1.29 bits per heavy atom. The molecule has 6 heteroatoms. The number of rotatable bonds is 6. The summed E-state index contributed by atoms with van der Waals surface area (Å²) in [5.74, 6) is 0.921. The molecule has 0 saturated heterocycles. The Balaban J connectivity index is 1.86. The van der Waals surface area contributed by atoms with E-state index in [1.165, 1.54) is 4.88 Å². The van der Waals surface area contributed by atoms with E-state index in [9.17, 15) is 4.39 Å². The summed E-state index contributed by atoms with van der Waals surface area (Å²) in [7, 11) is 5.40. The Kier molecular flexibility index (Phi) is 6.61. The second kappa shape index (κ2) is 8.68. The molecular formula is C18H25FN4S. The fourth-order valence-corrected chi connectivity index (χ4v) is 3.14. The van der Waals surface area contributed by atoms with E-state index in [1.54, 1.807) is 35.4 Å². The van der Waals surface area contributed by atoms with Crippen LogP contribution in [0.25, 0.3) is 0 Å². The number of halogens is 1. The molecule has 0 saturated carbocycles. The van der Waals surface area contributed by atoms with Gasteiger partial charge >= 0.3 is 0 Å². The molecular weight excluding hydrogens is 323 g/mol. The van der Waals surface area contributed by atoms with Crippen molar-refractivity contribution in [3.63, 3.8) is 0 Å². The van der Waals surface area contributed by atoms with Gasteiger partial charge in [-0.2, -0.15) is 0 Å². The van der Waals surface area contributed by atoms with Gasteiger partial charge in [0.2, 0.25) is 0 Å². The number of aliphatic imine (C=N–C) groups is 1. The first-order valence-electron chi connectivity index (χ1n) is 7.95. The zero-order valence-electron chi connectivity index (χ0n) is 14.6. The smallest absolute Gasteiger partial charge is 0.191 e. The summed E-state index contributed by atoms with van der Waals surface area (Å²) in [6.07, 6.45) is 0. The molecule has 0 aliphatic heterocycles. The van der Waals surface area contributed by atoms with Crippen molar-refractivity contribution in [1.82, 2.24) is 10.6 Å². The van der Waals surface area contributed by atoms with E-state index in [-0.39, 0.29) is 5.82 Å². The summed E-state index contributed by atoms with van der Waals surface area (Å²) in [5, 5.41) is 8.63. The molecule has 24 heavy (non-hydrogen) atoms. The predicted molar refractivity (Wildman–Crippen MR) is 102 cm³/mol. The molecule has 0 radical (unpaired) electrons. The van der Waals surface area contributed by atoms with E-state index in [0.717, 1.165) is 18.1 Å². The van der Waals surface area contributed by atoms with Crippen molar-refractivity contribution >= 4 is 23.0 Å². The Labute approximate surface area is 147 Å². The van der Waals surface area contributed by atoms with Crippen molar-refractivity contribution in [1.29, 1.82) is 0 Å². The highest BCUT2D eigenvalue weighted by molar-refractivity contribution is 7.10. The molecule has 1 unspecified atom stereocenters. The normalized spacial score (nSPS) is 12.8. The number of benzene rings is 1. The van der Waals surface area contributed by atoms with E-state index >= 15 is 0 Å². The summed E-state index contributed by atoms with van der Waals surface area (Å²) in [5.41, 5.74) is 1.47. The van der Waals surface area contributed by atoms with Crippen LogP contribution in [0.1, 0.15) is 23.3 Å². The zero-order valence-corrected chi connectivity index (χ0v) is 15.5. The van der Waals surface area contributed by atoms with Crippen LogP contribution in [0.4, 0.5) is 10.1 Å². The van der Waals surface area contributed by atoms with Gasteiger partial charge in [0.25, 0.3) is 0 Å². The third kappa shape index (κ3) is 4.96. The summed E-state index contributed by atoms with van der Waals surface area (Å²) in [6, 6.07) is 9.48. The van der Waals surface area contributed by atoms with Crippen LogP contribution in [0.15, 0.2) is 40.7 Å². The molecule has 0 aliphatic rings. The fourth-order valence-electron chi connectivity index (χ4n) is 2.35. The Morgan fingerprint density at radius 3 is 2.67 bits per heavy atom. The van der Waals surface area contributed by atoms with Gasteiger partial charge in [0.1, 0.15) is 5.82 Å². The highest BCUT2D eigenvalue weighted by atomic mass is 32.1. The molecule has 1 atom stereocenters. The van der Waals surface area contributed by atoms with E-state index in [4.69, 9.17) is 0 Å². The van der Waals surface area contributed by atoms with Crippen LogP contribution < -0.4 is 15.5 Å². The minimum Gasteiger partial charge on any atom is -0.375 e. The van der Waals surface area contributed by atoms with Gasteiger partial charge in [-0.05, 0) is 29.1 Å². The fraction of sp³-hybridized carbons (Fsp3) is 0.389. The van der Waals surface area contributed by atoms with Crippen molar-refractivity contribution < 1.29 is 4.39 Å². The van der Waals surface area contributed by atoms with Gasteiger partial charge in [-0.3, -0.25) is 4.99 Å². The van der Waals surface area contributed by atoms with Gasteiger partial charge < -0.3 is 15.5 Å². The molecule has 0 amide bonds. The van der Waals surface area contributed by atoms with Gasteiger partial charge in [-0.15, -0.1) is 11.3 Å². The van der Waals surface area contributed by atoms with Crippen LogP contribution in [0.5, 0.6) is 0 Å². The number of anilines is 1. The van der Waals surface area contributed by atoms with Crippen molar-refractivity contribution in [2.24, 2.45) is 4.99 Å². The van der Waals surface area contributed by atoms with Gasteiger partial charge in [0.05, 0.1) is 5.69 Å². The lowest BCUT2D eigenvalue weighted by molar-refractivity contribution is 0.622. The molecule has 2 N–H and O–H groups in total. The average molecular weight is 348 g/mol. The average Bonchev–Trinajstić information content (AvgIpc) is 3.09. The molecule has 1 aromatic heterocycles. The molecule has 1 heterocycles.